The Morgan fingerprint density at radius 2 is 1.97 bits per heavy atom. The number of ether oxygens (including phenoxy) is 1. The Morgan fingerprint density at radius 1 is 1.20 bits per heavy atom. The molecule has 1 atom stereocenters. The van der Waals surface area contributed by atoms with E-state index in [1.165, 1.54) is 33.4 Å². The number of amides is 1. The van der Waals surface area contributed by atoms with Crippen LogP contribution >= 0.6 is 11.3 Å². The fourth-order valence-corrected chi connectivity index (χ4v) is 5.78. The minimum atomic E-state index is -3.59. The summed E-state index contributed by atoms with van der Waals surface area (Å²) in [6.07, 6.45) is 3.45. The van der Waals surface area contributed by atoms with Crippen molar-refractivity contribution in [2.45, 2.75) is 43.5 Å². The number of sulfonamides is 1. The van der Waals surface area contributed by atoms with E-state index >= 15 is 0 Å². The summed E-state index contributed by atoms with van der Waals surface area (Å²) in [6, 6.07) is 9.56. The predicted molar refractivity (Wildman–Crippen MR) is 115 cm³/mol. The third-order valence-corrected chi connectivity index (χ3v) is 8.01. The van der Waals surface area contributed by atoms with Crippen LogP contribution in [0.2, 0.25) is 0 Å². The zero-order valence-electron chi connectivity index (χ0n) is 16.9. The van der Waals surface area contributed by atoms with Crippen molar-refractivity contribution in [3.05, 3.63) is 52.2 Å². The minimum Gasteiger partial charge on any atom is -0.452 e. The van der Waals surface area contributed by atoms with Crippen LogP contribution < -0.4 is 5.32 Å². The maximum atomic E-state index is 12.8. The van der Waals surface area contributed by atoms with Crippen molar-refractivity contribution in [1.29, 1.82) is 0 Å². The zero-order valence-corrected chi connectivity index (χ0v) is 18.5. The third kappa shape index (κ3) is 5.68. The number of benzene rings is 1. The maximum Gasteiger partial charge on any atom is 0.338 e. The first kappa shape index (κ1) is 22.5. The molecule has 0 saturated carbocycles. The van der Waals surface area contributed by atoms with Gasteiger partial charge in [-0.05, 0) is 61.9 Å². The molecule has 0 bridgehead atoms. The molecule has 1 aromatic carbocycles. The van der Waals surface area contributed by atoms with Gasteiger partial charge in [0.15, 0.2) is 6.61 Å². The Morgan fingerprint density at radius 3 is 2.63 bits per heavy atom. The highest BCUT2D eigenvalue weighted by molar-refractivity contribution is 7.89. The molecule has 1 amide bonds. The molecule has 3 rings (SSSR count). The van der Waals surface area contributed by atoms with E-state index < -0.39 is 16.0 Å². The second kappa shape index (κ2) is 10.2. The zero-order chi connectivity index (χ0) is 21.6. The van der Waals surface area contributed by atoms with Crippen molar-refractivity contribution >= 4 is 33.2 Å². The third-order valence-electron chi connectivity index (χ3n) is 5.05. The van der Waals surface area contributed by atoms with Gasteiger partial charge in [-0.15, -0.1) is 11.3 Å². The van der Waals surface area contributed by atoms with Crippen LogP contribution in [-0.4, -0.2) is 50.3 Å². The van der Waals surface area contributed by atoms with Crippen LogP contribution in [0.25, 0.3) is 0 Å². The van der Waals surface area contributed by atoms with Crippen LogP contribution in [0.4, 0.5) is 0 Å². The number of hydrogen-bond acceptors (Lipinski definition) is 6. The van der Waals surface area contributed by atoms with E-state index in [1.807, 2.05) is 24.4 Å². The Kier molecular flexibility index (Phi) is 7.63. The van der Waals surface area contributed by atoms with Gasteiger partial charge in [0.2, 0.25) is 10.0 Å². The molecular formula is C21H26N2O5S2. The van der Waals surface area contributed by atoms with Gasteiger partial charge in [-0.1, -0.05) is 12.5 Å². The lowest BCUT2D eigenvalue weighted by Crippen LogP contribution is -2.41. The average molecular weight is 451 g/mol. The van der Waals surface area contributed by atoms with Gasteiger partial charge < -0.3 is 10.1 Å². The number of hydrogen-bond donors (Lipinski definition) is 1. The predicted octanol–water partition coefficient (Wildman–Crippen LogP) is 2.83. The highest BCUT2D eigenvalue weighted by atomic mass is 32.2. The average Bonchev–Trinajstić information content (AvgIpc) is 3.26. The molecule has 0 spiro atoms. The smallest absolute Gasteiger partial charge is 0.338 e. The van der Waals surface area contributed by atoms with E-state index in [0.717, 1.165) is 25.7 Å². The lowest BCUT2D eigenvalue weighted by Gasteiger charge is -2.32. The van der Waals surface area contributed by atoms with Crippen molar-refractivity contribution in [3.8, 4) is 0 Å². The fourth-order valence-electron chi connectivity index (χ4n) is 3.37. The van der Waals surface area contributed by atoms with Gasteiger partial charge in [0, 0.05) is 24.0 Å². The molecule has 1 unspecified atom stereocenters. The van der Waals surface area contributed by atoms with Gasteiger partial charge in [0.25, 0.3) is 5.91 Å². The van der Waals surface area contributed by atoms with Gasteiger partial charge in [-0.3, -0.25) is 4.79 Å². The van der Waals surface area contributed by atoms with Gasteiger partial charge >= 0.3 is 5.97 Å². The summed E-state index contributed by atoms with van der Waals surface area (Å²) in [5.41, 5.74) is 0.201. The van der Waals surface area contributed by atoms with E-state index in [0.29, 0.717) is 13.1 Å². The van der Waals surface area contributed by atoms with E-state index in [2.05, 4.69) is 5.32 Å². The Bertz CT molecular complexity index is 956. The molecule has 0 aliphatic carbocycles. The van der Waals surface area contributed by atoms with Gasteiger partial charge in [-0.25, -0.2) is 13.2 Å². The van der Waals surface area contributed by atoms with E-state index in [4.69, 9.17) is 4.74 Å². The molecule has 0 radical (unpaired) electrons. The summed E-state index contributed by atoms with van der Waals surface area (Å²) < 4.78 is 32.2. The minimum absolute atomic E-state index is 0.0354. The highest BCUT2D eigenvalue weighted by Gasteiger charge is 2.31. The first-order valence-electron chi connectivity index (χ1n) is 9.96. The number of nitrogens with zero attached hydrogens (tertiary/aromatic N) is 1. The SMILES string of the molecule is CC1CCCCN1S(=O)(=O)c1ccc(C(=O)OCC(=O)NCCc2cccs2)cc1. The first-order chi connectivity index (χ1) is 14.4. The van der Waals surface area contributed by atoms with Crippen LogP contribution in [0.15, 0.2) is 46.7 Å². The number of carbonyl (C=O) groups excluding carboxylic acids is 2. The Hall–Kier alpha value is -2.23. The number of nitrogens with one attached hydrogen (secondary N) is 1. The molecule has 1 aliphatic heterocycles. The van der Waals surface area contributed by atoms with Crippen LogP contribution in [0, 0.1) is 0 Å². The normalized spacial score (nSPS) is 17.4. The number of piperidine rings is 1. The van der Waals surface area contributed by atoms with E-state index in [1.54, 1.807) is 11.3 Å². The van der Waals surface area contributed by atoms with Gasteiger partial charge in [-0.2, -0.15) is 4.31 Å². The van der Waals surface area contributed by atoms with E-state index in [-0.39, 0.29) is 29.0 Å². The number of rotatable bonds is 8. The first-order valence-corrected chi connectivity index (χ1v) is 12.3. The molecule has 2 aromatic rings. The summed E-state index contributed by atoms with van der Waals surface area (Å²) in [7, 11) is -3.59. The van der Waals surface area contributed by atoms with Crippen molar-refractivity contribution in [2.75, 3.05) is 19.7 Å². The van der Waals surface area contributed by atoms with Gasteiger partial charge in [0.05, 0.1) is 10.5 Å². The Labute approximate surface area is 181 Å². The summed E-state index contributed by atoms with van der Waals surface area (Å²) in [5.74, 6) is -1.04. The number of thiophene rings is 1. The molecular weight excluding hydrogens is 424 g/mol. The second-order valence-electron chi connectivity index (χ2n) is 7.24. The van der Waals surface area contributed by atoms with Crippen LogP contribution in [0.3, 0.4) is 0 Å². The van der Waals surface area contributed by atoms with Crippen LogP contribution in [0.5, 0.6) is 0 Å². The fraction of sp³-hybridized carbons (Fsp3) is 0.429. The van der Waals surface area contributed by atoms with Gasteiger partial charge in [0.1, 0.15) is 0 Å². The van der Waals surface area contributed by atoms with Crippen molar-refractivity contribution in [1.82, 2.24) is 9.62 Å². The topological polar surface area (TPSA) is 92.8 Å². The Balaban J connectivity index is 1.50. The lowest BCUT2D eigenvalue weighted by molar-refractivity contribution is -0.124. The molecule has 162 valence electrons. The van der Waals surface area contributed by atoms with Crippen LogP contribution in [-0.2, 0) is 26.0 Å². The summed E-state index contributed by atoms with van der Waals surface area (Å²) in [6.45, 7) is 2.51. The molecule has 30 heavy (non-hydrogen) atoms. The molecule has 9 heteroatoms. The molecule has 1 saturated heterocycles. The van der Waals surface area contributed by atoms with Crippen molar-refractivity contribution < 1.29 is 22.7 Å². The maximum absolute atomic E-state index is 12.8. The highest BCUT2D eigenvalue weighted by Crippen LogP contribution is 2.25. The largest absolute Gasteiger partial charge is 0.452 e. The molecule has 1 fully saturated rings. The molecule has 2 heterocycles. The van der Waals surface area contributed by atoms with Crippen molar-refractivity contribution in [2.24, 2.45) is 0 Å². The molecule has 1 N–H and O–H groups in total. The quantitative estimate of drug-likeness (QED) is 0.625. The van der Waals surface area contributed by atoms with Crippen molar-refractivity contribution in [3.63, 3.8) is 0 Å². The lowest BCUT2D eigenvalue weighted by atomic mass is 10.1. The van der Waals surface area contributed by atoms with E-state index in [9.17, 15) is 18.0 Å². The summed E-state index contributed by atoms with van der Waals surface area (Å²) >= 11 is 1.62. The number of carbonyl (C=O) groups is 2. The standard InChI is InChI=1S/C21H26N2O5S2/c1-16-5-2-3-13-23(16)30(26,27)19-9-7-17(8-10-19)21(25)28-15-20(24)22-12-11-18-6-4-14-29-18/h4,6-10,14,16H,2-3,5,11-13,15H2,1H3,(H,22,24). The molecule has 1 aliphatic rings. The molecule has 1 aromatic heterocycles. The monoisotopic (exact) mass is 450 g/mol. The second-order valence-corrected chi connectivity index (χ2v) is 10.2. The summed E-state index contributed by atoms with van der Waals surface area (Å²) in [4.78, 5) is 25.3. The van der Waals surface area contributed by atoms with Crippen LogP contribution in [0.1, 0.15) is 41.4 Å². The summed E-state index contributed by atoms with van der Waals surface area (Å²) in [5, 5.41) is 4.68. The molecule has 7 nitrogen and oxygen atoms in total. The number of esters is 1.